The van der Waals surface area contributed by atoms with Crippen LogP contribution in [-0.4, -0.2) is 12.3 Å². The summed E-state index contributed by atoms with van der Waals surface area (Å²) in [5, 5.41) is 0. The summed E-state index contributed by atoms with van der Waals surface area (Å²) in [6.07, 6.45) is 4.84. The lowest BCUT2D eigenvalue weighted by molar-refractivity contribution is 0.0106. The van der Waals surface area contributed by atoms with Crippen LogP contribution in [0.5, 0.6) is 0 Å². The molecule has 0 saturated heterocycles. The van der Waals surface area contributed by atoms with Crippen molar-refractivity contribution in [1.29, 1.82) is 0 Å². The van der Waals surface area contributed by atoms with Crippen LogP contribution in [0.1, 0.15) is 138 Å². The van der Waals surface area contributed by atoms with Gasteiger partial charge in [-0.05, 0) is 157 Å². The minimum atomic E-state index is -0.156. The molecule has 0 amide bonds. The lowest BCUT2D eigenvalue weighted by atomic mass is 9.33. The highest BCUT2D eigenvalue weighted by Gasteiger charge is 2.62. The van der Waals surface area contributed by atoms with Crippen molar-refractivity contribution in [2.75, 3.05) is 14.7 Å². The van der Waals surface area contributed by atoms with Gasteiger partial charge in [-0.3, -0.25) is 0 Å². The molecule has 0 N–H and O–H groups in total. The molecule has 1 aliphatic carbocycles. The minimum absolute atomic E-state index is 0.00934. The predicted octanol–water partition coefficient (Wildman–Crippen LogP) is 17.8. The molecule has 0 spiro atoms. The molecule has 2 unspecified atom stereocenters. The van der Waals surface area contributed by atoms with Crippen molar-refractivity contribution in [2.24, 2.45) is 5.41 Å². The Morgan fingerprint density at radius 2 is 0.973 bits per heavy atom. The molecule has 1 saturated carbocycles. The van der Waals surface area contributed by atoms with E-state index in [0.29, 0.717) is 0 Å². The van der Waals surface area contributed by atoms with E-state index >= 15 is 0 Å². The van der Waals surface area contributed by atoms with Gasteiger partial charge in [-0.15, -0.1) is 0 Å². The molecule has 8 aromatic carbocycles. The fourth-order valence-electron chi connectivity index (χ4n) is 14.1. The number of para-hydroxylation sites is 1. The second-order valence-electron chi connectivity index (χ2n) is 26.6. The number of fused-ring (bicyclic) bond motifs is 6. The van der Waals surface area contributed by atoms with E-state index in [-0.39, 0.29) is 39.3 Å². The summed E-state index contributed by atoms with van der Waals surface area (Å²) in [6.45, 7) is 31.3. The third-order valence-electron chi connectivity index (χ3n) is 18.9. The van der Waals surface area contributed by atoms with E-state index in [0.717, 1.165) is 6.42 Å². The van der Waals surface area contributed by atoms with Crippen LogP contribution in [-0.2, 0) is 21.7 Å². The Hall–Kier alpha value is -6.78. The summed E-state index contributed by atoms with van der Waals surface area (Å²) in [6, 6.07) is 68.3. The monoisotopic (exact) mass is 982 g/mol. The molecule has 1 fully saturated rings. The molecule has 4 aliphatic rings. The summed E-state index contributed by atoms with van der Waals surface area (Å²) >= 11 is 0. The van der Waals surface area contributed by atoms with Gasteiger partial charge in [0, 0.05) is 56.3 Å². The standard InChI is InChI=1S/C71H76BN3/c1-66(2,3)50-31-34-53(35-32-50)73-62-46-54(75-60-29-21-20-28-56(60)69(10,11)70(12)40-22-23-41-71(70,75)13)36-37-57(62)72-58-42-49(47-24-16-14-17-25-47)30-38-61(58)74(64-45-52(68(7,8)9)44-63(73)65(64)72)59-39-33-51(67(4,5)6)43-55(59)48-26-18-15-19-27-48/h14-21,24-39,42-46H,22-23,40-41H2,1-13H3. The largest absolute Gasteiger partial charge is 0.335 e. The van der Waals surface area contributed by atoms with Crippen molar-refractivity contribution in [3.8, 4) is 22.3 Å². The maximum atomic E-state index is 2.80. The van der Waals surface area contributed by atoms with Crippen LogP contribution >= 0.6 is 0 Å². The van der Waals surface area contributed by atoms with E-state index in [2.05, 4.69) is 281 Å². The number of hydrogen-bond donors (Lipinski definition) is 0. The van der Waals surface area contributed by atoms with Crippen LogP contribution < -0.4 is 31.1 Å². The zero-order valence-corrected chi connectivity index (χ0v) is 47.0. The van der Waals surface area contributed by atoms with Crippen molar-refractivity contribution >= 4 is 68.6 Å². The lowest BCUT2D eigenvalue weighted by Gasteiger charge is -2.66. The summed E-state index contributed by atoms with van der Waals surface area (Å²) in [5.74, 6) is 0. The van der Waals surface area contributed by atoms with Crippen molar-refractivity contribution in [3.05, 3.63) is 198 Å². The van der Waals surface area contributed by atoms with Gasteiger partial charge in [-0.25, -0.2) is 0 Å². The van der Waals surface area contributed by atoms with Gasteiger partial charge in [0.2, 0.25) is 0 Å². The van der Waals surface area contributed by atoms with E-state index in [1.165, 1.54) is 126 Å². The average molecular weight is 982 g/mol. The van der Waals surface area contributed by atoms with E-state index < -0.39 is 0 Å². The van der Waals surface area contributed by atoms with Gasteiger partial charge < -0.3 is 14.7 Å². The summed E-state index contributed by atoms with van der Waals surface area (Å²) < 4.78 is 0. The number of benzene rings is 8. The van der Waals surface area contributed by atoms with E-state index in [9.17, 15) is 0 Å². The van der Waals surface area contributed by atoms with Gasteiger partial charge in [-0.1, -0.05) is 211 Å². The van der Waals surface area contributed by atoms with Gasteiger partial charge in [0.05, 0.1) is 5.69 Å². The first-order valence-corrected chi connectivity index (χ1v) is 27.9. The lowest BCUT2D eigenvalue weighted by Crippen LogP contribution is -2.67. The Labute approximate surface area is 449 Å². The van der Waals surface area contributed by atoms with E-state index in [1.807, 2.05) is 0 Å². The van der Waals surface area contributed by atoms with Gasteiger partial charge in [0.25, 0.3) is 6.71 Å². The summed E-state index contributed by atoms with van der Waals surface area (Å²) in [4.78, 5) is 8.10. The fourth-order valence-corrected chi connectivity index (χ4v) is 14.1. The maximum Gasteiger partial charge on any atom is 0.252 e. The normalized spacial score (nSPS) is 19.7. The van der Waals surface area contributed by atoms with Crippen LogP contribution in [0.15, 0.2) is 176 Å². The number of anilines is 8. The smallest absolute Gasteiger partial charge is 0.252 e. The quantitative estimate of drug-likeness (QED) is 0.159. The first kappa shape index (κ1) is 49.1. The molecule has 3 aliphatic heterocycles. The SMILES string of the molecule is CC(C)(C)c1ccc(N2c3cc(N4c5ccccc5C(C)(C)C5(C)CCCCC45C)ccc3B3c4cc(-c5ccccc5)ccc4N(c4ccc(C(C)(C)C)cc4-c4ccccc4)c4cc(C(C)(C)C)cc2c43)cc1. The average Bonchev–Trinajstić information content (AvgIpc) is 3.40. The Morgan fingerprint density at radius 1 is 0.400 bits per heavy atom. The second kappa shape index (κ2) is 17.1. The first-order chi connectivity index (χ1) is 35.6. The molecule has 0 bridgehead atoms. The highest BCUT2D eigenvalue weighted by molar-refractivity contribution is 7.00. The Morgan fingerprint density at radius 3 is 1.64 bits per heavy atom. The predicted molar refractivity (Wildman–Crippen MR) is 324 cm³/mol. The molecule has 378 valence electrons. The second-order valence-corrected chi connectivity index (χ2v) is 26.6. The molecule has 3 nitrogen and oxygen atoms in total. The summed E-state index contributed by atoms with van der Waals surface area (Å²) in [7, 11) is 0. The van der Waals surface area contributed by atoms with Crippen LogP contribution in [0.25, 0.3) is 22.3 Å². The fraction of sp³-hybridized carbons (Fsp3) is 0.324. The molecule has 2 atom stereocenters. The number of nitrogens with zero attached hydrogens (tertiary/aromatic N) is 3. The Kier molecular flexibility index (Phi) is 11.2. The van der Waals surface area contributed by atoms with Crippen LogP contribution in [0.3, 0.4) is 0 Å². The van der Waals surface area contributed by atoms with Crippen LogP contribution in [0.2, 0.25) is 0 Å². The maximum absolute atomic E-state index is 2.80. The zero-order chi connectivity index (χ0) is 52.6. The Bertz CT molecular complexity index is 3520. The van der Waals surface area contributed by atoms with Gasteiger partial charge in [-0.2, -0.15) is 0 Å². The Balaban J connectivity index is 1.19. The highest BCUT2D eigenvalue weighted by Crippen LogP contribution is 2.65. The third-order valence-corrected chi connectivity index (χ3v) is 18.9. The highest BCUT2D eigenvalue weighted by atomic mass is 15.3. The molecule has 0 aromatic heterocycles. The third kappa shape index (κ3) is 7.58. The summed E-state index contributed by atoms with van der Waals surface area (Å²) in [5.41, 5.74) is 24.0. The molecule has 75 heavy (non-hydrogen) atoms. The van der Waals surface area contributed by atoms with Gasteiger partial charge in [0.1, 0.15) is 0 Å². The van der Waals surface area contributed by atoms with E-state index in [1.54, 1.807) is 0 Å². The van der Waals surface area contributed by atoms with Gasteiger partial charge in [0.15, 0.2) is 0 Å². The number of rotatable bonds is 5. The minimum Gasteiger partial charge on any atom is -0.335 e. The zero-order valence-electron chi connectivity index (χ0n) is 47.0. The molecule has 8 aromatic rings. The molecule has 3 heterocycles. The first-order valence-electron chi connectivity index (χ1n) is 27.9. The molecule has 0 radical (unpaired) electrons. The van der Waals surface area contributed by atoms with Crippen LogP contribution in [0, 0.1) is 5.41 Å². The van der Waals surface area contributed by atoms with Crippen molar-refractivity contribution in [3.63, 3.8) is 0 Å². The van der Waals surface area contributed by atoms with Gasteiger partial charge >= 0.3 is 0 Å². The van der Waals surface area contributed by atoms with Crippen molar-refractivity contribution < 1.29 is 0 Å². The molecular formula is C71H76BN3. The topological polar surface area (TPSA) is 9.72 Å². The molecule has 4 heteroatoms. The van der Waals surface area contributed by atoms with Crippen LogP contribution in [0.4, 0.5) is 45.5 Å². The van der Waals surface area contributed by atoms with Crippen molar-refractivity contribution in [2.45, 2.75) is 143 Å². The molecule has 12 rings (SSSR count). The van der Waals surface area contributed by atoms with E-state index in [4.69, 9.17) is 0 Å². The molecular weight excluding hydrogens is 906 g/mol. The van der Waals surface area contributed by atoms with Crippen molar-refractivity contribution in [1.82, 2.24) is 0 Å². The number of hydrogen-bond acceptors (Lipinski definition) is 3.